The third-order valence-corrected chi connectivity index (χ3v) is 6.06. The lowest BCUT2D eigenvalue weighted by molar-refractivity contribution is 0.170. The molecular weight excluding hydrogens is 400 g/mol. The second-order valence-electron chi connectivity index (χ2n) is 7.84. The van der Waals surface area contributed by atoms with Crippen molar-refractivity contribution in [3.05, 3.63) is 41.0 Å². The van der Waals surface area contributed by atoms with Gasteiger partial charge in [0.15, 0.2) is 23.0 Å². The fraction of sp³-hybridized carbons (Fsp3) is 0.435. The summed E-state index contributed by atoms with van der Waals surface area (Å²) in [4.78, 5) is 2.25. The van der Waals surface area contributed by atoms with Gasteiger partial charge in [0.1, 0.15) is 0 Å². The van der Waals surface area contributed by atoms with E-state index in [-0.39, 0.29) is 18.6 Å². The van der Waals surface area contributed by atoms with E-state index in [1.165, 1.54) is 12.7 Å². The minimum absolute atomic E-state index is 0.00606. The monoisotopic (exact) mass is 428 g/mol. The summed E-state index contributed by atoms with van der Waals surface area (Å²) < 4.78 is 22.2. The molecule has 8 nitrogen and oxygen atoms in total. The van der Waals surface area contributed by atoms with Gasteiger partial charge in [0.05, 0.1) is 19.9 Å². The lowest BCUT2D eigenvalue weighted by Crippen LogP contribution is -2.34. The quantitative estimate of drug-likeness (QED) is 0.396. The van der Waals surface area contributed by atoms with Crippen LogP contribution in [-0.2, 0) is 12.8 Å². The number of aromatic hydroxyl groups is 1. The zero-order valence-electron chi connectivity index (χ0n) is 18.1. The summed E-state index contributed by atoms with van der Waals surface area (Å²) in [6.07, 6.45) is 2.69. The maximum atomic E-state index is 9.79. The van der Waals surface area contributed by atoms with Crippen molar-refractivity contribution in [2.75, 3.05) is 34.6 Å². The van der Waals surface area contributed by atoms with Crippen molar-refractivity contribution in [3.8, 4) is 28.7 Å². The molecule has 2 aromatic rings. The number of likely N-dealkylation sites (N-methyl/N-ethyl adjacent to an activating group) is 1. The third-order valence-electron chi connectivity index (χ3n) is 6.06. The summed E-state index contributed by atoms with van der Waals surface area (Å²) in [6, 6.07) is 7.30. The Bertz CT molecular complexity index is 991. The van der Waals surface area contributed by atoms with Crippen molar-refractivity contribution in [1.29, 1.82) is 0 Å². The molecule has 0 saturated heterocycles. The number of benzene rings is 2. The van der Waals surface area contributed by atoms with Crippen LogP contribution in [0.25, 0.3) is 0 Å². The highest BCUT2D eigenvalue weighted by Gasteiger charge is 2.34. The molecule has 0 spiro atoms. The van der Waals surface area contributed by atoms with Crippen LogP contribution < -0.4 is 18.9 Å². The highest BCUT2D eigenvalue weighted by atomic mass is 16.7. The van der Waals surface area contributed by atoms with Crippen molar-refractivity contribution in [2.24, 2.45) is 5.16 Å². The molecule has 2 aliphatic heterocycles. The Balaban J connectivity index is 1.56. The molecular formula is C23H28N2O6. The van der Waals surface area contributed by atoms with E-state index < -0.39 is 0 Å². The molecule has 0 radical (unpaired) electrons. The summed E-state index contributed by atoms with van der Waals surface area (Å²) in [5.41, 5.74) is 3.92. The Morgan fingerprint density at radius 1 is 1.23 bits per heavy atom. The van der Waals surface area contributed by atoms with Crippen molar-refractivity contribution >= 4 is 5.71 Å². The highest BCUT2D eigenvalue weighted by molar-refractivity contribution is 5.85. The van der Waals surface area contributed by atoms with Gasteiger partial charge < -0.3 is 29.3 Å². The summed E-state index contributed by atoms with van der Waals surface area (Å²) in [7, 11) is 5.23. The standard InChI is InChI=1S/C23H28N2O6/c1-25-9-8-15-11-20-22(31-13-30-20)23(29-3)21(15)17(25)12-16(24-27)6-4-14-5-7-18(26)19(10-14)28-2/h5,7,10-11,17,26-27H,4,6,8-9,12-13H2,1-3H3. The molecule has 2 aromatic carbocycles. The van der Waals surface area contributed by atoms with E-state index in [0.717, 1.165) is 29.8 Å². The Labute approximate surface area is 181 Å². The number of hydrogen-bond donors (Lipinski definition) is 2. The summed E-state index contributed by atoms with van der Waals surface area (Å²) >= 11 is 0. The SMILES string of the molecule is COc1cc(CCC(CC2c3c(cc4c(c3OC)OCO4)CCN2C)=NO)ccc1O. The molecule has 2 N–H and O–H groups in total. The molecule has 166 valence electrons. The van der Waals surface area contributed by atoms with E-state index >= 15 is 0 Å². The van der Waals surface area contributed by atoms with Crippen LogP contribution in [-0.4, -0.2) is 55.5 Å². The minimum Gasteiger partial charge on any atom is -0.504 e. The molecule has 0 saturated carbocycles. The molecule has 31 heavy (non-hydrogen) atoms. The number of phenols is 1. The van der Waals surface area contributed by atoms with E-state index in [2.05, 4.69) is 17.1 Å². The number of aryl methyl sites for hydroxylation is 1. The first-order valence-electron chi connectivity index (χ1n) is 10.3. The van der Waals surface area contributed by atoms with Gasteiger partial charge in [-0.3, -0.25) is 4.90 Å². The van der Waals surface area contributed by atoms with Crippen LogP contribution in [0.4, 0.5) is 0 Å². The van der Waals surface area contributed by atoms with Crippen molar-refractivity contribution in [1.82, 2.24) is 4.90 Å². The van der Waals surface area contributed by atoms with Crippen LogP contribution in [0.3, 0.4) is 0 Å². The van der Waals surface area contributed by atoms with E-state index in [9.17, 15) is 10.3 Å². The number of rotatable bonds is 7. The van der Waals surface area contributed by atoms with Gasteiger partial charge in [-0.05, 0) is 55.6 Å². The fourth-order valence-electron chi connectivity index (χ4n) is 4.37. The second kappa shape index (κ2) is 8.93. The Morgan fingerprint density at radius 3 is 2.81 bits per heavy atom. The molecule has 8 heteroatoms. The Hall–Kier alpha value is -3.13. The number of nitrogens with zero attached hydrogens (tertiary/aromatic N) is 2. The van der Waals surface area contributed by atoms with Gasteiger partial charge in [0.25, 0.3) is 0 Å². The van der Waals surface area contributed by atoms with Gasteiger partial charge in [-0.25, -0.2) is 0 Å². The first kappa shape index (κ1) is 21.1. The van der Waals surface area contributed by atoms with Crippen LogP contribution >= 0.6 is 0 Å². The lowest BCUT2D eigenvalue weighted by Gasteiger charge is -2.36. The van der Waals surface area contributed by atoms with Crippen LogP contribution in [0.1, 0.15) is 35.6 Å². The van der Waals surface area contributed by atoms with E-state index in [4.69, 9.17) is 18.9 Å². The first-order valence-corrected chi connectivity index (χ1v) is 10.3. The molecule has 0 fully saturated rings. The normalized spacial score (nSPS) is 18.0. The van der Waals surface area contributed by atoms with E-state index in [1.807, 2.05) is 12.1 Å². The van der Waals surface area contributed by atoms with Crippen molar-refractivity contribution in [3.63, 3.8) is 0 Å². The summed E-state index contributed by atoms with van der Waals surface area (Å²) in [5.74, 6) is 2.59. The summed E-state index contributed by atoms with van der Waals surface area (Å²) in [6.45, 7) is 1.07. The molecule has 0 aromatic heterocycles. The minimum atomic E-state index is -0.00606. The van der Waals surface area contributed by atoms with E-state index in [0.29, 0.717) is 42.2 Å². The van der Waals surface area contributed by atoms with Crippen molar-refractivity contribution in [2.45, 2.75) is 31.7 Å². The molecule has 0 amide bonds. The number of phenolic OH excluding ortho intramolecular Hbond substituents is 1. The summed E-state index contributed by atoms with van der Waals surface area (Å²) in [5, 5.41) is 23.1. The van der Waals surface area contributed by atoms with Crippen molar-refractivity contribution < 1.29 is 29.3 Å². The number of methoxy groups -OCH3 is 2. The third kappa shape index (κ3) is 4.07. The fourth-order valence-corrected chi connectivity index (χ4v) is 4.37. The Morgan fingerprint density at radius 2 is 2.06 bits per heavy atom. The molecule has 4 rings (SSSR count). The lowest BCUT2D eigenvalue weighted by atomic mass is 9.87. The smallest absolute Gasteiger partial charge is 0.231 e. The van der Waals surface area contributed by atoms with Gasteiger partial charge in [0.2, 0.25) is 12.5 Å². The maximum absolute atomic E-state index is 9.79. The number of ether oxygens (including phenoxy) is 4. The second-order valence-corrected chi connectivity index (χ2v) is 7.84. The van der Waals surface area contributed by atoms with E-state index in [1.54, 1.807) is 19.2 Å². The average molecular weight is 428 g/mol. The predicted octanol–water partition coefficient (Wildman–Crippen LogP) is 3.52. The van der Waals surface area contributed by atoms with Gasteiger partial charge in [-0.2, -0.15) is 0 Å². The van der Waals surface area contributed by atoms with Gasteiger partial charge in [0, 0.05) is 24.6 Å². The largest absolute Gasteiger partial charge is 0.504 e. The highest BCUT2D eigenvalue weighted by Crippen LogP contribution is 2.50. The van der Waals surface area contributed by atoms with Crippen LogP contribution in [0, 0.1) is 0 Å². The van der Waals surface area contributed by atoms with Crippen LogP contribution in [0.5, 0.6) is 28.7 Å². The van der Waals surface area contributed by atoms with Crippen LogP contribution in [0.15, 0.2) is 29.4 Å². The Kier molecular flexibility index (Phi) is 6.08. The molecule has 0 aliphatic carbocycles. The zero-order valence-corrected chi connectivity index (χ0v) is 18.1. The first-order chi connectivity index (χ1) is 15.0. The van der Waals surface area contributed by atoms with Gasteiger partial charge in [-0.1, -0.05) is 11.2 Å². The molecule has 0 bridgehead atoms. The van der Waals surface area contributed by atoms with Gasteiger partial charge in [-0.15, -0.1) is 0 Å². The molecule has 1 atom stereocenters. The molecule has 2 heterocycles. The van der Waals surface area contributed by atoms with Gasteiger partial charge >= 0.3 is 0 Å². The molecule has 1 unspecified atom stereocenters. The predicted molar refractivity (Wildman–Crippen MR) is 115 cm³/mol. The number of hydrogen-bond acceptors (Lipinski definition) is 8. The molecule has 2 aliphatic rings. The van der Waals surface area contributed by atoms with Crippen LogP contribution in [0.2, 0.25) is 0 Å². The number of oxime groups is 1. The number of fused-ring (bicyclic) bond motifs is 2. The maximum Gasteiger partial charge on any atom is 0.231 e. The topological polar surface area (TPSA) is 93.0 Å². The zero-order chi connectivity index (χ0) is 22.0. The average Bonchev–Trinajstić information content (AvgIpc) is 3.25.